The molecule has 0 aromatic heterocycles. The molecule has 0 fully saturated rings. The maximum atomic E-state index is 5.65. The molecule has 0 radical (unpaired) electrons. The molecule has 0 aliphatic heterocycles. The quantitative estimate of drug-likeness (QED) is 0.613. The van der Waals surface area contributed by atoms with E-state index in [1.54, 1.807) is 0 Å². The van der Waals surface area contributed by atoms with E-state index in [4.69, 9.17) is 23.2 Å². The first-order valence-electron chi connectivity index (χ1n) is 2.35. The monoisotopic (exact) mass is 212 g/mol. The molecule has 0 N–H and O–H groups in total. The Kier molecular flexibility index (Phi) is 6.67. The van der Waals surface area contributed by atoms with Gasteiger partial charge in [-0.15, -0.1) is 11.8 Å². The van der Waals surface area contributed by atoms with Crippen LogP contribution < -0.4 is 0 Å². The number of allylic oxidation sites excluding steroid dienone is 1. The molecule has 0 heterocycles. The Morgan fingerprint density at radius 2 is 1.90 bits per heavy atom. The van der Waals surface area contributed by atoms with Gasteiger partial charge in [-0.1, -0.05) is 35.0 Å². The zero-order chi connectivity index (χ0) is 7.98. The average molecular weight is 213 g/mol. The minimum Gasteiger partial charge on any atom is -0.115 e. The third kappa shape index (κ3) is 4.40. The first-order valence-corrected chi connectivity index (χ1v) is 5.56. The molecule has 10 heavy (non-hydrogen) atoms. The summed E-state index contributed by atoms with van der Waals surface area (Å²) in [5.74, 6) is 2.69. The summed E-state index contributed by atoms with van der Waals surface area (Å²) in [7, 11) is 0. The normalized spacial score (nSPS) is 11.6. The van der Waals surface area contributed by atoms with Crippen molar-refractivity contribution < 1.29 is 0 Å². The van der Waals surface area contributed by atoms with Crippen LogP contribution in [-0.2, 0) is 0 Å². The van der Waals surface area contributed by atoms with Crippen LogP contribution in [0.15, 0.2) is 9.40 Å². The molecule has 0 aromatic rings. The molecular formula is C6H6Cl2S2. The lowest BCUT2D eigenvalue weighted by atomic mass is 10.7. The zero-order valence-electron chi connectivity index (χ0n) is 5.57. The minimum atomic E-state index is 0.420. The molecule has 0 aliphatic rings. The summed E-state index contributed by atoms with van der Waals surface area (Å²) in [4.78, 5) is 0. The predicted molar refractivity (Wildman–Crippen MR) is 53.5 cm³/mol. The standard InChI is InChI=1S/C6H6Cl2S2/c1-9-4-3-5(7)6(8)10-2/h1-2H3/b6-5-. The maximum Gasteiger partial charge on any atom is 0.116 e. The van der Waals surface area contributed by atoms with Gasteiger partial charge in [0.15, 0.2) is 0 Å². The highest BCUT2D eigenvalue weighted by molar-refractivity contribution is 8.04. The van der Waals surface area contributed by atoms with Crippen molar-refractivity contribution in [3.63, 3.8) is 0 Å². The number of thioether (sulfide) groups is 2. The summed E-state index contributed by atoms with van der Waals surface area (Å²) in [6, 6.07) is 0. The predicted octanol–water partition coefficient (Wildman–Crippen LogP) is 3.32. The number of halogens is 2. The van der Waals surface area contributed by atoms with Crippen molar-refractivity contribution in [2.75, 3.05) is 12.5 Å². The summed E-state index contributed by atoms with van der Waals surface area (Å²) >= 11 is 14.1. The van der Waals surface area contributed by atoms with E-state index in [0.29, 0.717) is 9.40 Å². The van der Waals surface area contributed by atoms with Gasteiger partial charge in [-0.2, -0.15) is 0 Å². The first-order chi connectivity index (χ1) is 4.72. The minimum absolute atomic E-state index is 0.420. The Labute approximate surface area is 79.7 Å². The van der Waals surface area contributed by atoms with Crippen LogP contribution >= 0.6 is 46.7 Å². The fourth-order valence-corrected chi connectivity index (χ4v) is 1.05. The smallest absolute Gasteiger partial charge is 0.115 e. The van der Waals surface area contributed by atoms with Crippen molar-refractivity contribution in [1.29, 1.82) is 0 Å². The highest BCUT2D eigenvalue weighted by Crippen LogP contribution is 2.23. The average Bonchev–Trinajstić information content (AvgIpc) is 1.98. The Bertz CT molecular complexity index is 188. The fraction of sp³-hybridized carbons (Fsp3) is 0.333. The van der Waals surface area contributed by atoms with Gasteiger partial charge in [0.2, 0.25) is 0 Å². The summed E-state index contributed by atoms with van der Waals surface area (Å²) in [6.07, 6.45) is 3.73. The largest absolute Gasteiger partial charge is 0.116 e. The lowest BCUT2D eigenvalue weighted by molar-refractivity contribution is 2.08. The van der Waals surface area contributed by atoms with Crippen LogP contribution in [0.2, 0.25) is 0 Å². The summed E-state index contributed by atoms with van der Waals surface area (Å²) < 4.78 is 0.545. The third-order valence-electron chi connectivity index (χ3n) is 0.615. The molecule has 0 spiro atoms. The van der Waals surface area contributed by atoms with Gasteiger partial charge in [0.25, 0.3) is 0 Å². The van der Waals surface area contributed by atoms with Crippen LogP contribution in [-0.4, -0.2) is 12.5 Å². The van der Waals surface area contributed by atoms with Crippen LogP contribution in [0.25, 0.3) is 0 Å². The van der Waals surface area contributed by atoms with Crippen molar-refractivity contribution in [2.24, 2.45) is 0 Å². The van der Waals surface area contributed by atoms with E-state index < -0.39 is 0 Å². The molecule has 0 atom stereocenters. The van der Waals surface area contributed by atoms with Crippen LogP contribution in [0.3, 0.4) is 0 Å². The van der Waals surface area contributed by atoms with Gasteiger partial charge in [0.1, 0.15) is 9.40 Å². The number of hydrogen-bond donors (Lipinski definition) is 0. The topological polar surface area (TPSA) is 0 Å². The molecule has 0 bridgehead atoms. The van der Waals surface area contributed by atoms with Crippen molar-refractivity contribution >= 4 is 46.7 Å². The molecule has 4 heteroatoms. The molecule has 56 valence electrons. The Hall–Kier alpha value is 0.580. The molecule has 0 aliphatic carbocycles. The molecule has 0 aromatic carbocycles. The number of hydrogen-bond acceptors (Lipinski definition) is 2. The second-order valence-corrected chi connectivity index (χ2v) is 3.63. The molecule has 0 saturated carbocycles. The van der Waals surface area contributed by atoms with Gasteiger partial charge >= 0.3 is 0 Å². The lowest BCUT2D eigenvalue weighted by Gasteiger charge is -1.88. The summed E-state index contributed by atoms with van der Waals surface area (Å²) in [5.41, 5.74) is 0. The van der Waals surface area contributed by atoms with Gasteiger partial charge in [-0.25, -0.2) is 0 Å². The molecule has 0 rings (SSSR count). The van der Waals surface area contributed by atoms with Crippen molar-refractivity contribution in [3.8, 4) is 11.2 Å². The van der Waals surface area contributed by atoms with Crippen LogP contribution in [0, 0.1) is 11.2 Å². The van der Waals surface area contributed by atoms with Crippen LogP contribution in [0.4, 0.5) is 0 Å². The Morgan fingerprint density at radius 1 is 1.30 bits per heavy atom. The van der Waals surface area contributed by atoms with E-state index in [-0.39, 0.29) is 0 Å². The van der Waals surface area contributed by atoms with E-state index in [1.807, 2.05) is 12.5 Å². The van der Waals surface area contributed by atoms with E-state index in [9.17, 15) is 0 Å². The molecule has 0 saturated heterocycles. The van der Waals surface area contributed by atoms with Crippen LogP contribution in [0.1, 0.15) is 0 Å². The Morgan fingerprint density at radius 3 is 2.30 bits per heavy atom. The van der Waals surface area contributed by atoms with Gasteiger partial charge in [-0.05, 0) is 23.7 Å². The van der Waals surface area contributed by atoms with E-state index in [2.05, 4.69) is 11.2 Å². The summed E-state index contributed by atoms with van der Waals surface area (Å²) in [5, 5.41) is 3.16. The first kappa shape index (κ1) is 10.6. The second-order valence-electron chi connectivity index (χ2n) is 1.22. The van der Waals surface area contributed by atoms with Gasteiger partial charge in [0, 0.05) is 0 Å². The zero-order valence-corrected chi connectivity index (χ0v) is 8.72. The summed E-state index contributed by atoms with van der Waals surface area (Å²) in [6.45, 7) is 0. The highest BCUT2D eigenvalue weighted by Gasteiger charge is 1.94. The van der Waals surface area contributed by atoms with E-state index >= 15 is 0 Å². The molecular weight excluding hydrogens is 207 g/mol. The lowest BCUT2D eigenvalue weighted by Crippen LogP contribution is -1.66. The van der Waals surface area contributed by atoms with Gasteiger partial charge in [-0.3, -0.25) is 0 Å². The van der Waals surface area contributed by atoms with Crippen LogP contribution in [0.5, 0.6) is 0 Å². The van der Waals surface area contributed by atoms with E-state index in [1.165, 1.54) is 23.5 Å². The second kappa shape index (κ2) is 6.30. The highest BCUT2D eigenvalue weighted by atomic mass is 35.5. The molecule has 0 nitrogen and oxygen atoms in total. The van der Waals surface area contributed by atoms with Crippen molar-refractivity contribution in [1.82, 2.24) is 0 Å². The third-order valence-corrected chi connectivity index (χ3v) is 2.63. The molecule has 0 unspecified atom stereocenters. The fourth-order valence-electron chi connectivity index (χ4n) is 0.235. The maximum absolute atomic E-state index is 5.65. The van der Waals surface area contributed by atoms with Crippen molar-refractivity contribution in [3.05, 3.63) is 9.40 Å². The Balaban J connectivity index is 4.18. The van der Waals surface area contributed by atoms with Gasteiger partial charge in [0.05, 0.1) is 0 Å². The van der Waals surface area contributed by atoms with Crippen molar-refractivity contribution in [2.45, 2.75) is 0 Å². The molecule has 0 amide bonds. The van der Waals surface area contributed by atoms with E-state index in [0.717, 1.165) is 0 Å². The SMILES string of the molecule is CSC#C/C(Cl)=C(\Cl)SC. The van der Waals surface area contributed by atoms with Gasteiger partial charge < -0.3 is 0 Å². The number of rotatable bonds is 1.